The van der Waals surface area contributed by atoms with Crippen molar-refractivity contribution in [1.29, 1.82) is 5.26 Å². The Labute approximate surface area is 160 Å². The molecule has 1 aliphatic carbocycles. The van der Waals surface area contributed by atoms with E-state index in [1.54, 1.807) is 6.33 Å². The largest absolute Gasteiger partial charge is 0.367 e. The van der Waals surface area contributed by atoms with Crippen LogP contribution in [-0.2, 0) is 0 Å². The summed E-state index contributed by atoms with van der Waals surface area (Å²) in [6.07, 6.45) is 13.7. The third-order valence-electron chi connectivity index (χ3n) is 6.97. The second-order valence-corrected chi connectivity index (χ2v) is 8.48. The Kier molecular flexibility index (Phi) is 4.45. The van der Waals surface area contributed by atoms with Crippen LogP contribution in [0.3, 0.4) is 0 Å². The minimum Gasteiger partial charge on any atom is -0.367 e. The summed E-state index contributed by atoms with van der Waals surface area (Å²) in [5, 5.41) is 13.8. The van der Waals surface area contributed by atoms with Gasteiger partial charge in [-0.05, 0) is 69.6 Å². The van der Waals surface area contributed by atoms with Crippen molar-refractivity contribution >= 4 is 16.7 Å². The van der Waals surface area contributed by atoms with Gasteiger partial charge in [-0.2, -0.15) is 5.26 Å². The molecule has 2 aromatic rings. The summed E-state index contributed by atoms with van der Waals surface area (Å²) >= 11 is 0. The van der Waals surface area contributed by atoms with Gasteiger partial charge in [-0.3, -0.25) is 4.90 Å². The second kappa shape index (κ2) is 7.09. The van der Waals surface area contributed by atoms with Crippen LogP contribution in [0.1, 0.15) is 63.4 Å². The first-order valence-corrected chi connectivity index (χ1v) is 10.5. The van der Waals surface area contributed by atoms with Crippen molar-refractivity contribution in [3.8, 4) is 6.07 Å². The van der Waals surface area contributed by atoms with Crippen LogP contribution in [0.4, 0.5) is 5.82 Å². The fourth-order valence-corrected chi connectivity index (χ4v) is 5.71. The second-order valence-electron chi connectivity index (χ2n) is 8.48. The van der Waals surface area contributed by atoms with Crippen LogP contribution >= 0.6 is 0 Å². The van der Waals surface area contributed by atoms with Crippen molar-refractivity contribution in [2.45, 2.75) is 82.0 Å². The number of nitrogens with one attached hydrogen (secondary N) is 1. The molecule has 5 nitrogen and oxygen atoms in total. The predicted octanol–water partition coefficient (Wildman–Crippen LogP) is 4.24. The van der Waals surface area contributed by atoms with Crippen LogP contribution < -0.4 is 5.32 Å². The van der Waals surface area contributed by atoms with Crippen LogP contribution in [0, 0.1) is 11.3 Å². The third-order valence-corrected chi connectivity index (χ3v) is 6.97. The molecular weight excluding hydrogens is 334 g/mol. The fraction of sp³-hybridized carbons (Fsp3) is 0.591. The van der Waals surface area contributed by atoms with Crippen LogP contribution in [0.2, 0.25) is 0 Å². The summed E-state index contributed by atoms with van der Waals surface area (Å²) in [5.74, 6) is 0.874. The number of fused-ring (bicyclic) bond motifs is 3. The number of hydrogen-bond acceptors (Lipinski definition) is 5. The van der Waals surface area contributed by atoms with Gasteiger partial charge < -0.3 is 5.32 Å². The van der Waals surface area contributed by atoms with E-state index in [0.29, 0.717) is 11.6 Å². The molecule has 2 bridgehead atoms. The fourth-order valence-electron chi connectivity index (χ4n) is 5.71. The van der Waals surface area contributed by atoms with Crippen LogP contribution in [-0.4, -0.2) is 39.0 Å². The molecule has 140 valence electrons. The molecule has 1 N–H and O–H groups in total. The number of rotatable bonds is 3. The summed E-state index contributed by atoms with van der Waals surface area (Å²) in [4.78, 5) is 11.7. The molecule has 27 heavy (non-hydrogen) atoms. The molecule has 3 aliphatic rings. The first-order valence-electron chi connectivity index (χ1n) is 10.5. The van der Waals surface area contributed by atoms with Gasteiger partial charge in [-0.25, -0.2) is 9.97 Å². The van der Waals surface area contributed by atoms with Crippen molar-refractivity contribution in [2.24, 2.45) is 0 Å². The lowest BCUT2D eigenvalue weighted by Crippen LogP contribution is -2.48. The standard InChI is InChI=1S/C22H27N5/c23-13-15-4-11-21-20(12-15)22(25-14-24-21)26-16-5-7-19(8-6-16)27-17-2-1-3-18(27)10-9-17/h4,11-12,14,16-19H,1-3,5-10H2,(H,24,25,26)/t16-,17?,18?,19-. The first-order chi connectivity index (χ1) is 13.3. The molecule has 1 aromatic carbocycles. The highest BCUT2D eigenvalue weighted by Gasteiger charge is 2.41. The number of benzene rings is 1. The van der Waals surface area contributed by atoms with Crippen molar-refractivity contribution in [2.75, 3.05) is 5.32 Å². The summed E-state index contributed by atoms with van der Waals surface area (Å²) in [6.45, 7) is 0. The highest BCUT2D eigenvalue weighted by molar-refractivity contribution is 5.89. The van der Waals surface area contributed by atoms with E-state index in [4.69, 9.17) is 0 Å². The Morgan fingerprint density at radius 1 is 0.926 bits per heavy atom. The molecule has 2 atom stereocenters. The maximum atomic E-state index is 9.19. The average Bonchev–Trinajstić information content (AvgIpc) is 2.96. The zero-order valence-electron chi connectivity index (χ0n) is 15.8. The highest BCUT2D eigenvalue weighted by Crippen LogP contribution is 2.40. The van der Waals surface area contributed by atoms with Crippen molar-refractivity contribution in [3.05, 3.63) is 30.1 Å². The number of hydrogen-bond donors (Lipinski definition) is 1. The van der Waals surface area contributed by atoms with Gasteiger partial charge in [0.15, 0.2) is 0 Å². The molecule has 1 aromatic heterocycles. The lowest BCUT2D eigenvalue weighted by molar-refractivity contribution is 0.0636. The molecule has 2 unspecified atom stereocenters. The van der Waals surface area contributed by atoms with E-state index < -0.39 is 0 Å². The topological polar surface area (TPSA) is 64.8 Å². The molecule has 0 spiro atoms. The van der Waals surface area contributed by atoms with Gasteiger partial charge in [0.25, 0.3) is 0 Å². The molecular formula is C22H27N5. The molecule has 3 fully saturated rings. The van der Waals surface area contributed by atoms with Gasteiger partial charge in [0.05, 0.1) is 17.1 Å². The minimum atomic E-state index is 0.465. The Balaban J connectivity index is 1.27. The zero-order valence-corrected chi connectivity index (χ0v) is 15.8. The van der Waals surface area contributed by atoms with E-state index in [9.17, 15) is 5.26 Å². The van der Waals surface area contributed by atoms with Gasteiger partial charge in [-0.1, -0.05) is 6.42 Å². The quantitative estimate of drug-likeness (QED) is 0.886. The normalized spacial score (nSPS) is 30.9. The summed E-state index contributed by atoms with van der Waals surface area (Å²) in [5.41, 5.74) is 1.55. The number of aromatic nitrogens is 2. The molecule has 2 saturated heterocycles. The number of nitrogens with zero attached hydrogens (tertiary/aromatic N) is 4. The van der Waals surface area contributed by atoms with Gasteiger partial charge >= 0.3 is 0 Å². The smallest absolute Gasteiger partial charge is 0.137 e. The monoisotopic (exact) mass is 361 g/mol. The lowest BCUT2D eigenvalue weighted by atomic mass is 9.87. The van der Waals surface area contributed by atoms with Gasteiger partial charge in [0.1, 0.15) is 12.1 Å². The maximum absolute atomic E-state index is 9.19. The van der Waals surface area contributed by atoms with E-state index in [1.165, 1.54) is 57.8 Å². The Morgan fingerprint density at radius 3 is 2.37 bits per heavy atom. The van der Waals surface area contributed by atoms with Crippen molar-refractivity contribution in [1.82, 2.24) is 14.9 Å². The van der Waals surface area contributed by atoms with Gasteiger partial charge in [0.2, 0.25) is 0 Å². The number of nitriles is 1. The molecule has 2 aliphatic heterocycles. The molecule has 0 radical (unpaired) electrons. The zero-order chi connectivity index (χ0) is 18.2. The minimum absolute atomic E-state index is 0.465. The molecule has 1 saturated carbocycles. The Hall–Kier alpha value is -2.19. The number of piperidine rings is 1. The van der Waals surface area contributed by atoms with Crippen molar-refractivity contribution < 1.29 is 0 Å². The summed E-state index contributed by atoms with van der Waals surface area (Å²) in [6, 6.07) is 10.8. The summed E-state index contributed by atoms with van der Waals surface area (Å²) < 4.78 is 0. The molecule has 0 amide bonds. The van der Waals surface area contributed by atoms with E-state index in [1.807, 2.05) is 18.2 Å². The van der Waals surface area contributed by atoms with E-state index in [0.717, 1.165) is 34.8 Å². The Morgan fingerprint density at radius 2 is 1.63 bits per heavy atom. The Bertz CT molecular complexity index is 849. The van der Waals surface area contributed by atoms with Crippen LogP contribution in [0.25, 0.3) is 10.9 Å². The molecule has 3 heterocycles. The maximum Gasteiger partial charge on any atom is 0.137 e. The average molecular weight is 361 g/mol. The molecule has 5 rings (SSSR count). The lowest BCUT2D eigenvalue weighted by Gasteiger charge is -2.44. The van der Waals surface area contributed by atoms with E-state index in [-0.39, 0.29) is 0 Å². The SMILES string of the molecule is N#Cc1ccc2ncnc(N[C@H]3CC[C@H](N4C5CCCC4CC5)CC3)c2c1. The third kappa shape index (κ3) is 3.17. The van der Waals surface area contributed by atoms with Gasteiger partial charge in [-0.15, -0.1) is 0 Å². The highest BCUT2D eigenvalue weighted by atomic mass is 15.2. The van der Waals surface area contributed by atoms with Crippen LogP contribution in [0.15, 0.2) is 24.5 Å². The van der Waals surface area contributed by atoms with Crippen molar-refractivity contribution in [3.63, 3.8) is 0 Å². The van der Waals surface area contributed by atoms with Crippen LogP contribution in [0.5, 0.6) is 0 Å². The predicted molar refractivity (Wildman–Crippen MR) is 106 cm³/mol. The van der Waals surface area contributed by atoms with E-state index >= 15 is 0 Å². The summed E-state index contributed by atoms with van der Waals surface area (Å²) in [7, 11) is 0. The first kappa shape index (κ1) is 16.9. The van der Waals surface area contributed by atoms with Gasteiger partial charge in [0, 0.05) is 29.6 Å². The molecule has 5 heteroatoms. The number of anilines is 1. The van der Waals surface area contributed by atoms with E-state index in [2.05, 4.69) is 26.3 Å².